The standard InChI is InChI=1S/C18H23NO3/c1-21-17-8-11-6-7-19-14-5-3-4-12(14)16(20)10-15(19)13(11)9-18(17)22-2/h8-9,12,14-15H,3-7,10H2,1-2H3/t12-,14+,15+/m0/s1. The molecular weight excluding hydrogens is 278 g/mol. The topological polar surface area (TPSA) is 38.8 Å². The molecule has 3 aliphatic rings. The van der Waals surface area contributed by atoms with Gasteiger partial charge in [0.1, 0.15) is 5.78 Å². The van der Waals surface area contributed by atoms with E-state index >= 15 is 0 Å². The predicted octanol–water partition coefficient (Wildman–Crippen LogP) is 2.74. The molecule has 2 aliphatic heterocycles. The fourth-order valence-electron chi connectivity index (χ4n) is 4.73. The summed E-state index contributed by atoms with van der Waals surface area (Å²) in [6.07, 6.45) is 5.15. The van der Waals surface area contributed by atoms with Crippen molar-refractivity contribution in [1.29, 1.82) is 0 Å². The Kier molecular flexibility index (Phi) is 3.37. The van der Waals surface area contributed by atoms with E-state index in [1.807, 2.05) is 0 Å². The molecule has 0 aromatic heterocycles. The van der Waals surface area contributed by atoms with Crippen molar-refractivity contribution in [3.05, 3.63) is 23.3 Å². The first-order valence-electron chi connectivity index (χ1n) is 8.26. The van der Waals surface area contributed by atoms with E-state index in [1.165, 1.54) is 24.0 Å². The SMILES string of the molecule is COc1cc2c(cc1OC)[C@H]1CC(=O)[C@H]3CCC[C@H]3N1CC2. The first-order chi connectivity index (χ1) is 10.7. The van der Waals surface area contributed by atoms with E-state index in [-0.39, 0.29) is 12.0 Å². The zero-order chi connectivity index (χ0) is 15.3. The van der Waals surface area contributed by atoms with Gasteiger partial charge in [-0.2, -0.15) is 0 Å². The zero-order valence-corrected chi connectivity index (χ0v) is 13.3. The van der Waals surface area contributed by atoms with Gasteiger partial charge >= 0.3 is 0 Å². The van der Waals surface area contributed by atoms with Crippen LogP contribution in [0.2, 0.25) is 0 Å². The minimum atomic E-state index is 0.232. The smallest absolute Gasteiger partial charge is 0.161 e. The third-order valence-corrected chi connectivity index (χ3v) is 5.76. The quantitative estimate of drug-likeness (QED) is 0.842. The average molecular weight is 301 g/mol. The van der Waals surface area contributed by atoms with Crippen LogP contribution < -0.4 is 9.47 Å². The van der Waals surface area contributed by atoms with Gasteiger partial charge in [-0.1, -0.05) is 6.42 Å². The van der Waals surface area contributed by atoms with Crippen LogP contribution in [0.15, 0.2) is 12.1 Å². The fraction of sp³-hybridized carbons (Fsp3) is 0.611. The molecule has 1 saturated heterocycles. The Morgan fingerprint density at radius 3 is 2.68 bits per heavy atom. The van der Waals surface area contributed by atoms with Gasteiger partial charge in [-0.05, 0) is 42.5 Å². The second-order valence-electron chi connectivity index (χ2n) is 6.68. The summed E-state index contributed by atoms with van der Waals surface area (Å²) >= 11 is 0. The van der Waals surface area contributed by atoms with Gasteiger partial charge in [0.05, 0.1) is 14.2 Å². The number of ketones is 1. The summed E-state index contributed by atoms with van der Waals surface area (Å²) in [6.45, 7) is 1.06. The third kappa shape index (κ3) is 1.97. The summed E-state index contributed by atoms with van der Waals surface area (Å²) in [5.41, 5.74) is 2.57. The number of piperidine rings is 1. The zero-order valence-electron chi connectivity index (χ0n) is 13.3. The second-order valence-corrected chi connectivity index (χ2v) is 6.68. The van der Waals surface area contributed by atoms with Crippen LogP contribution >= 0.6 is 0 Å². The highest BCUT2D eigenvalue weighted by Gasteiger charge is 2.46. The van der Waals surface area contributed by atoms with E-state index in [9.17, 15) is 4.79 Å². The third-order valence-electron chi connectivity index (χ3n) is 5.76. The van der Waals surface area contributed by atoms with Crippen molar-refractivity contribution >= 4 is 5.78 Å². The van der Waals surface area contributed by atoms with Crippen molar-refractivity contribution in [3.8, 4) is 11.5 Å². The molecule has 1 aromatic rings. The Hall–Kier alpha value is -1.55. The molecule has 118 valence electrons. The van der Waals surface area contributed by atoms with Crippen LogP contribution in [0.1, 0.15) is 42.9 Å². The molecule has 0 unspecified atom stereocenters. The predicted molar refractivity (Wildman–Crippen MR) is 83.5 cm³/mol. The van der Waals surface area contributed by atoms with Crippen molar-refractivity contribution in [2.24, 2.45) is 5.92 Å². The highest BCUT2D eigenvalue weighted by Crippen LogP contribution is 2.47. The van der Waals surface area contributed by atoms with E-state index in [0.717, 1.165) is 30.9 Å². The summed E-state index contributed by atoms with van der Waals surface area (Å²) in [5.74, 6) is 2.31. The molecule has 1 aromatic carbocycles. The minimum absolute atomic E-state index is 0.232. The molecule has 4 heteroatoms. The number of ether oxygens (including phenoxy) is 2. The molecule has 0 spiro atoms. The number of methoxy groups -OCH3 is 2. The van der Waals surface area contributed by atoms with Gasteiger partial charge in [-0.3, -0.25) is 9.69 Å². The van der Waals surface area contributed by atoms with E-state index in [1.54, 1.807) is 14.2 Å². The van der Waals surface area contributed by atoms with E-state index in [4.69, 9.17) is 9.47 Å². The van der Waals surface area contributed by atoms with Crippen LogP contribution in [0.3, 0.4) is 0 Å². The average Bonchev–Trinajstić information content (AvgIpc) is 3.04. The Morgan fingerprint density at radius 1 is 1.14 bits per heavy atom. The van der Waals surface area contributed by atoms with Crippen LogP contribution in [0, 0.1) is 5.92 Å². The second kappa shape index (κ2) is 5.27. The van der Waals surface area contributed by atoms with Gasteiger partial charge in [0.15, 0.2) is 11.5 Å². The number of carbonyl (C=O) groups excluding carboxylic acids is 1. The first-order valence-corrected chi connectivity index (χ1v) is 8.26. The number of hydrogen-bond donors (Lipinski definition) is 0. The highest BCUT2D eigenvalue weighted by molar-refractivity contribution is 5.84. The summed E-state index contributed by atoms with van der Waals surface area (Å²) < 4.78 is 10.9. The molecule has 0 N–H and O–H groups in total. The van der Waals surface area contributed by atoms with Crippen molar-refractivity contribution in [1.82, 2.24) is 4.90 Å². The normalized spacial score (nSPS) is 30.5. The van der Waals surface area contributed by atoms with Crippen molar-refractivity contribution in [2.45, 2.75) is 44.2 Å². The molecule has 2 fully saturated rings. The molecule has 4 nitrogen and oxygen atoms in total. The van der Waals surface area contributed by atoms with Crippen LogP contribution in [0.25, 0.3) is 0 Å². The number of rotatable bonds is 2. The number of fused-ring (bicyclic) bond motifs is 5. The summed E-state index contributed by atoms with van der Waals surface area (Å²) in [7, 11) is 3.34. The molecule has 2 heterocycles. The Morgan fingerprint density at radius 2 is 1.91 bits per heavy atom. The molecular formula is C18H23NO3. The van der Waals surface area contributed by atoms with Crippen molar-refractivity contribution < 1.29 is 14.3 Å². The van der Waals surface area contributed by atoms with Crippen LogP contribution in [0.4, 0.5) is 0 Å². The van der Waals surface area contributed by atoms with Crippen LogP contribution in [0.5, 0.6) is 11.5 Å². The van der Waals surface area contributed by atoms with E-state index < -0.39 is 0 Å². The Labute approximate surface area is 131 Å². The fourth-order valence-corrected chi connectivity index (χ4v) is 4.73. The molecule has 0 radical (unpaired) electrons. The maximum atomic E-state index is 12.5. The number of carbonyl (C=O) groups is 1. The molecule has 0 bridgehead atoms. The number of nitrogens with zero attached hydrogens (tertiary/aromatic N) is 1. The van der Waals surface area contributed by atoms with Crippen molar-refractivity contribution in [2.75, 3.05) is 20.8 Å². The highest BCUT2D eigenvalue weighted by atomic mass is 16.5. The van der Waals surface area contributed by atoms with E-state index in [2.05, 4.69) is 17.0 Å². The molecule has 4 rings (SSSR count). The maximum Gasteiger partial charge on any atom is 0.161 e. The number of Topliss-reactive ketones (excluding diaryl/α,β-unsaturated/α-hetero) is 1. The first kappa shape index (κ1) is 14.1. The minimum Gasteiger partial charge on any atom is -0.493 e. The molecule has 22 heavy (non-hydrogen) atoms. The maximum absolute atomic E-state index is 12.5. The molecule has 1 aliphatic carbocycles. The van der Waals surface area contributed by atoms with Gasteiger partial charge < -0.3 is 9.47 Å². The lowest BCUT2D eigenvalue weighted by atomic mass is 9.79. The Balaban J connectivity index is 1.75. The summed E-state index contributed by atoms with van der Waals surface area (Å²) in [6, 6.07) is 4.88. The lowest BCUT2D eigenvalue weighted by Gasteiger charge is -2.46. The summed E-state index contributed by atoms with van der Waals surface area (Å²) in [4.78, 5) is 15.1. The van der Waals surface area contributed by atoms with Gasteiger partial charge in [0, 0.05) is 31.0 Å². The van der Waals surface area contributed by atoms with Crippen LogP contribution in [-0.2, 0) is 11.2 Å². The number of hydrogen-bond acceptors (Lipinski definition) is 4. The number of benzene rings is 1. The van der Waals surface area contributed by atoms with Gasteiger partial charge in [0.25, 0.3) is 0 Å². The summed E-state index contributed by atoms with van der Waals surface area (Å²) in [5, 5.41) is 0. The lowest BCUT2D eigenvalue weighted by molar-refractivity contribution is -0.131. The van der Waals surface area contributed by atoms with Gasteiger partial charge in [-0.15, -0.1) is 0 Å². The molecule has 3 atom stereocenters. The Bertz CT molecular complexity index is 613. The van der Waals surface area contributed by atoms with Crippen molar-refractivity contribution in [3.63, 3.8) is 0 Å². The molecule has 1 saturated carbocycles. The van der Waals surface area contributed by atoms with Crippen LogP contribution in [-0.4, -0.2) is 37.5 Å². The monoisotopic (exact) mass is 301 g/mol. The largest absolute Gasteiger partial charge is 0.493 e. The van der Waals surface area contributed by atoms with Gasteiger partial charge in [-0.25, -0.2) is 0 Å². The molecule has 0 amide bonds. The lowest BCUT2D eigenvalue weighted by Crippen LogP contribution is -2.51. The van der Waals surface area contributed by atoms with E-state index in [0.29, 0.717) is 18.2 Å². The van der Waals surface area contributed by atoms with Gasteiger partial charge in [0.2, 0.25) is 0 Å².